The van der Waals surface area contributed by atoms with Crippen molar-refractivity contribution in [1.82, 2.24) is 5.32 Å². The summed E-state index contributed by atoms with van der Waals surface area (Å²) in [5.74, 6) is 3.05. The van der Waals surface area contributed by atoms with Gasteiger partial charge in [-0.3, -0.25) is 0 Å². The van der Waals surface area contributed by atoms with Crippen molar-refractivity contribution in [3.63, 3.8) is 0 Å². The molecule has 0 amide bonds. The predicted octanol–water partition coefficient (Wildman–Crippen LogP) is 3.45. The summed E-state index contributed by atoms with van der Waals surface area (Å²) in [6.45, 7) is 7.31. The molecule has 15 heavy (non-hydrogen) atoms. The summed E-state index contributed by atoms with van der Waals surface area (Å²) < 4.78 is 0. The van der Waals surface area contributed by atoms with Crippen molar-refractivity contribution in [1.29, 1.82) is 0 Å². The zero-order valence-electron chi connectivity index (χ0n) is 10.8. The number of nitrogens with one attached hydrogen (secondary N) is 1. The van der Waals surface area contributed by atoms with Gasteiger partial charge in [0.1, 0.15) is 0 Å². The summed E-state index contributed by atoms with van der Waals surface area (Å²) in [4.78, 5) is 0. The van der Waals surface area contributed by atoms with Crippen LogP contribution in [0.3, 0.4) is 0 Å². The fourth-order valence-corrected chi connectivity index (χ4v) is 3.59. The number of hydrogen-bond acceptors (Lipinski definition) is 1. The van der Waals surface area contributed by atoms with Crippen LogP contribution in [0.15, 0.2) is 0 Å². The van der Waals surface area contributed by atoms with Crippen LogP contribution in [0.2, 0.25) is 0 Å². The quantitative estimate of drug-likeness (QED) is 0.734. The molecule has 1 heteroatoms. The standard InChI is InChI=1S/C14H27N/c1-14(2,3)13-8-7-11(15-4)9-12(13)10-5-6-10/h10-13,15H,5-9H2,1-4H3. The maximum Gasteiger partial charge on any atom is 0.00670 e. The molecule has 0 saturated heterocycles. The van der Waals surface area contributed by atoms with Gasteiger partial charge in [0.05, 0.1) is 0 Å². The van der Waals surface area contributed by atoms with Crippen molar-refractivity contribution < 1.29 is 0 Å². The van der Waals surface area contributed by atoms with Crippen molar-refractivity contribution in [2.45, 2.75) is 58.9 Å². The lowest BCUT2D eigenvalue weighted by atomic mass is 9.64. The first-order valence-corrected chi connectivity index (χ1v) is 6.69. The normalized spacial score (nSPS) is 38.0. The SMILES string of the molecule is CNC1CCC(C(C)(C)C)C(C2CC2)C1. The van der Waals surface area contributed by atoms with Gasteiger partial charge in [0, 0.05) is 6.04 Å². The summed E-state index contributed by atoms with van der Waals surface area (Å²) >= 11 is 0. The first-order chi connectivity index (χ1) is 7.02. The first kappa shape index (κ1) is 11.4. The smallest absolute Gasteiger partial charge is 0.00670 e. The van der Waals surface area contributed by atoms with E-state index in [-0.39, 0.29) is 0 Å². The molecule has 0 aliphatic heterocycles. The van der Waals surface area contributed by atoms with E-state index in [1.165, 1.54) is 32.1 Å². The van der Waals surface area contributed by atoms with Crippen LogP contribution in [0.4, 0.5) is 0 Å². The van der Waals surface area contributed by atoms with Crippen LogP contribution in [-0.4, -0.2) is 13.1 Å². The van der Waals surface area contributed by atoms with Crippen molar-refractivity contribution in [3.05, 3.63) is 0 Å². The van der Waals surface area contributed by atoms with Crippen molar-refractivity contribution >= 4 is 0 Å². The van der Waals surface area contributed by atoms with Gasteiger partial charge in [-0.2, -0.15) is 0 Å². The van der Waals surface area contributed by atoms with E-state index in [1.54, 1.807) is 0 Å². The zero-order valence-corrected chi connectivity index (χ0v) is 10.8. The molecule has 2 fully saturated rings. The number of hydrogen-bond donors (Lipinski definition) is 1. The lowest BCUT2D eigenvalue weighted by molar-refractivity contribution is 0.0780. The molecule has 0 aromatic heterocycles. The molecular formula is C14H27N. The van der Waals surface area contributed by atoms with Gasteiger partial charge < -0.3 is 5.32 Å². The Bertz CT molecular complexity index is 212. The van der Waals surface area contributed by atoms with Crippen molar-refractivity contribution in [2.75, 3.05) is 7.05 Å². The molecule has 2 aliphatic carbocycles. The molecular weight excluding hydrogens is 182 g/mol. The number of rotatable bonds is 2. The second-order valence-corrected chi connectivity index (χ2v) is 6.77. The van der Waals surface area contributed by atoms with Gasteiger partial charge in [-0.05, 0) is 62.3 Å². The lowest BCUT2D eigenvalue weighted by Crippen LogP contribution is -2.41. The monoisotopic (exact) mass is 209 g/mol. The van der Waals surface area contributed by atoms with E-state index in [4.69, 9.17) is 0 Å². The summed E-state index contributed by atoms with van der Waals surface area (Å²) in [7, 11) is 2.13. The molecule has 0 radical (unpaired) electrons. The van der Waals surface area contributed by atoms with Gasteiger partial charge in [-0.1, -0.05) is 20.8 Å². The average Bonchev–Trinajstić information content (AvgIpc) is 2.98. The van der Waals surface area contributed by atoms with Gasteiger partial charge in [-0.15, -0.1) is 0 Å². The summed E-state index contributed by atoms with van der Waals surface area (Å²) in [5, 5.41) is 3.49. The minimum absolute atomic E-state index is 0.520. The summed E-state index contributed by atoms with van der Waals surface area (Å²) in [6.07, 6.45) is 7.28. The van der Waals surface area contributed by atoms with Crippen LogP contribution in [0.5, 0.6) is 0 Å². The maximum absolute atomic E-state index is 3.49. The zero-order chi connectivity index (χ0) is 11.1. The van der Waals surface area contributed by atoms with Gasteiger partial charge in [-0.25, -0.2) is 0 Å². The lowest BCUT2D eigenvalue weighted by Gasteiger charge is -2.43. The summed E-state index contributed by atoms with van der Waals surface area (Å²) in [5.41, 5.74) is 0.520. The third-order valence-electron chi connectivity index (χ3n) is 4.65. The Labute approximate surface area is 95.0 Å². The molecule has 2 saturated carbocycles. The highest BCUT2D eigenvalue weighted by molar-refractivity contribution is 4.95. The van der Waals surface area contributed by atoms with Crippen molar-refractivity contribution in [2.24, 2.45) is 23.2 Å². The van der Waals surface area contributed by atoms with Crippen LogP contribution < -0.4 is 5.32 Å². The fourth-order valence-electron chi connectivity index (χ4n) is 3.59. The van der Waals surface area contributed by atoms with E-state index < -0.39 is 0 Å². The molecule has 0 aromatic carbocycles. The van der Waals surface area contributed by atoms with Crippen LogP contribution in [0, 0.1) is 23.2 Å². The van der Waals surface area contributed by atoms with E-state index in [1.807, 2.05) is 0 Å². The molecule has 3 unspecified atom stereocenters. The molecule has 1 nitrogen and oxygen atoms in total. The Morgan fingerprint density at radius 2 is 1.67 bits per heavy atom. The van der Waals surface area contributed by atoms with E-state index in [9.17, 15) is 0 Å². The first-order valence-electron chi connectivity index (χ1n) is 6.69. The molecule has 0 spiro atoms. The second kappa shape index (κ2) is 4.08. The molecule has 2 rings (SSSR count). The van der Waals surface area contributed by atoms with Crippen molar-refractivity contribution in [3.8, 4) is 0 Å². The fraction of sp³-hybridized carbons (Fsp3) is 1.00. The third kappa shape index (κ3) is 2.55. The second-order valence-electron chi connectivity index (χ2n) is 6.77. The van der Waals surface area contributed by atoms with Gasteiger partial charge in [0.2, 0.25) is 0 Å². The predicted molar refractivity (Wildman–Crippen MR) is 65.9 cm³/mol. The van der Waals surface area contributed by atoms with Crippen LogP contribution >= 0.6 is 0 Å². The van der Waals surface area contributed by atoms with Gasteiger partial charge in [0.25, 0.3) is 0 Å². The Morgan fingerprint density at radius 1 is 1.00 bits per heavy atom. The van der Waals surface area contributed by atoms with Crippen LogP contribution in [0.25, 0.3) is 0 Å². The van der Waals surface area contributed by atoms with Gasteiger partial charge in [0.15, 0.2) is 0 Å². The molecule has 3 atom stereocenters. The van der Waals surface area contributed by atoms with E-state index in [0.29, 0.717) is 5.41 Å². The van der Waals surface area contributed by atoms with Gasteiger partial charge >= 0.3 is 0 Å². The Hall–Kier alpha value is -0.0400. The largest absolute Gasteiger partial charge is 0.317 e. The van der Waals surface area contributed by atoms with Crippen LogP contribution in [0.1, 0.15) is 52.9 Å². The average molecular weight is 209 g/mol. The molecule has 2 aliphatic rings. The van der Waals surface area contributed by atoms with E-state index >= 15 is 0 Å². The maximum atomic E-state index is 3.49. The minimum Gasteiger partial charge on any atom is -0.317 e. The highest BCUT2D eigenvalue weighted by Gasteiger charge is 2.44. The Balaban J connectivity index is 2.04. The van der Waals surface area contributed by atoms with E-state index in [0.717, 1.165) is 23.8 Å². The highest BCUT2D eigenvalue weighted by atomic mass is 14.9. The molecule has 1 N–H and O–H groups in total. The summed E-state index contributed by atoms with van der Waals surface area (Å²) in [6, 6.07) is 0.800. The molecule has 0 bridgehead atoms. The Kier molecular flexibility index (Phi) is 3.12. The Morgan fingerprint density at radius 3 is 2.13 bits per heavy atom. The van der Waals surface area contributed by atoms with E-state index in [2.05, 4.69) is 33.1 Å². The molecule has 0 aromatic rings. The topological polar surface area (TPSA) is 12.0 Å². The molecule has 0 heterocycles. The third-order valence-corrected chi connectivity index (χ3v) is 4.65. The highest BCUT2D eigenvalue weighted by Crippen LogP contribution is 2.51. The minimum atomic E-state index is 0.520. The van der Waals surface area contributed by atoms with Crippen LogP contribution in [-0.2, 0) is 0 Å². The molecule has 88 valence electrons.